The third kappa shape index (κ3) is 4.26. The zero-order chi connectivity index (χ0) is 16.8. The molecule has 1 unspecified atom stereocenters. The third-order valence-electron chi connectivity index (χ3n) is 3.70. The maximum absolute atomic E-state index is 13.2. The second-order valence-electron chi connectivity index (χ2n) is 5.43. The van der Waals surface area contributed by atoms with Crippen LogP contribution < -0.4 is 5.32 Å². The van der Waals surface area contributed by atoms with Crippen molar-refractivity contribution in [2.45, 2.75) is 18.9 Å². The summed E-state index contributed by atoms with van der Waals surface area (Å²) in [5.41, 5.74) is 1.90. The minimum Gasteiger partial charge on any atom is -0.344 e. The number of hydrogen-bond donors (Lipinski definition) is 1. The molecule has 0 bridgehead atoms. The zero-order valence-corrected chi connectivity index (χ0v) is 13.8. The standard InChI is InChI=1S/C19H17FN2OS/c20-16-8-6-15(7-9-16)19(17-4-2-12-24-17)22-18(23)10-5-14-3-1-11-21-13-14/h1-4,6-9,11-13,19H,5,10H2,(H,22,23). The first-order valence-corrected chi connectivity index (χ1v) is 8.57. The quantitative estimate of drug-likeness (QED) is 0.733. The summed E-state index contributed by atoms with van der Waals surface area (Å²) in [7, 11) is 0. The van der Waals surface area contributed by atoms with Gasteiger partial charge >= 0.3 is 0 Å². The Hall–Kier alpha value is -2.53. The van der Waals surface area contributed by atoms with Crippen molar-refractivity contribution < 1.29 is 9.18 Å². The molecule has 0 spiro atoms. The first-order valence-electron chi connectivity index (χ1n) is 7.69. The summed E-state index contributed by atoms with van der Waals surface area (Å²) in [6.07, 6.45) is 4.50. The smallest absolute Gasteiger partial charge is 0.221 e. The van der Waals surface area contributed by atoms with Crippen LogP contribution in [-0.2, 0) is 11.2 Å². The lowest BCUT2D eigenvalue weighted by molar-refractivity contribution is -0.121. The second kappa shape index (κ2) is 7.84. The summed E-state index contributed by atoms with van der Waals surface area (Å²) in [5.74, 6) is -0.326. The maximum Gasteiger partial charge on any atom is 0.221 e. The van der Waals surface area contributed by atoms with Crippen molar-refractivity contribution in [3.8, 4) is 0 Å². The molecule has 3 nitrogen and oxygen atoms in total. The highest BCUT2D eigenvalue weighted by atomic mass is 32.1. The fourth-order valence-electron chi connectivity index (χ4n) is 2.47. The Bertz CT molecular complexity index is 773. The van der Waals surface area contributed by atoms with Crippen molar-refractivity contribution in [3.63, 3.8) is 0 Å². The molecule has 2 heterocycles. The van der Waals surface area contributed by atoms with Gasteiger partial charge in [0, 0.05) is 23.7 Å². The monoisotopic (exact) mass is 340 g/mol. The third-order valence-corrected chi connectivity index (χ3v) is 4.64. The van der Waals surface area contributed by atoms with Crippen molar-refractivity contribution in [3.05, 3.63) is 88.1 Å². The van der Waals surface area contributed by atoms with Crippen LogP contribution in [0.5, 0.6) is 0 Å². The summed E-state index contributed by atoms with van der Waals surface area (Å²) in [6, 6.07) is 13.7. The van der Waals surface area contributed by atoms with Crippen molar-refractivity contribution in [2.24, 2.45) is 0 Å². The van der Waals surface area contributed by atoms with Gasteiger partial charge in [-0.05, 0) is 47.2 Å². The number of benzene rings is 1. The van der Waals surface area contributed by atoms with E-state index in [0.717, 1.165) is 16.0 Å². The summed E-state index contributed by atoms with van der Waals surface area (Å²) < 4.78 is 13.2. The fourth-order valence-corrected chi connectivity index (χ4v) is 3.27. The first kappa shape index (κ1) is 16.3. The summed E-state index contributed by atoms with van der Waals surface area (Å²) >= 11 is 1.57. The van der Waals surface area contributed by atoms with Gasteiger partial charge in [0.2, 0.25) is 5.91 Å². The van der Waals surface area contributed by atoms with Gasteiger partial charge in [0.15, 0.2) is 0 Å². The highest BCUT2D eigenvalue weighted by Crippen LogP contribution is 2.26. The van der Waals surface area contributed by atoms with Gasteiger partial charge < -0.3 is 5.32 Å². The van der Waals surface area contributed by atoms with E-state index >= 15 is 0 Å². The number of carbonyl (C=O) groups excluding carboxylic acids is 1. The molecule has 2 aromatic heterocycles. The molecule has 24 heavy (non-hydrogen) atoms. The molecular weight excluding hydrogens is 323 g/mol. The van der Waals surface area contributed by atoms with Crippen LogP contribution in [0.25, 0.3) is 0 Å². The van der Waals surface area contributed by atoms with E-state index in [9.17, 15) is 9.18 Å². The number of aryl methyl sites for hydroxylation is 1. The van der Waals surface area contributed by atoms with Gasteiger partial charge in [0.25, 0.3) is 0 Å². The molecule has 1 atom stereocenters. The van der Waals surface area contributed by atoms with Crippen LogP contribution in [0.3, 0.4) is 0 Å². The number of amides is 1. The molecule has 0 saturated heterocycles. The summed E-state index contributed by atoms with van der Waals surface area (Å²) in [5, 5.41) is 5.02. The molecule has 0 aliphatic carbocycles. The number of rotatable bonds is 6. The first-order chi connectivity index (χ1) is 11.7. The number of carbonyl (C=O) groups is 1. The molecule has 0 radical (unpaired) electrons. The number of aromatic nitrogens is 1. The van der Waals surface area contributed by atoms with Gasteiger partial charge in [0.05, 0.1) is 6.04 Å². The highest BCUT2D eigenvalue weighted by Gasteiger charge is 2.17. The Labute approximate surface area is 144 Å². The molecule has 5 heteroatoms. The molecule has 0 aliphatic rings. The predicted molar refractivity (Wildman–Crippen MR) is 93.3 cm³/mol. The predicted octanol–water partition coefficient (Wildman–Crippen LogP) is 4.12. The van der Waals surface area contributed by atoms with Crippen molar-refractivity contribution in [2.75, 3.05) is 0 Å². The van der Waals surface area contributed by atoms with Gasteiger partial charge in [-0.2, -0.15) is 0 Å². The van der Waals surface area contributed by atoms with Crippen molar-refractivity contribution in [1.29, 1.82) is 0 Å². The minimum absolute atomic E-state index is 0.0402. The Balaban J connectivity index is 1.70. The molecule has 1 aromatic carbocycles. The average Bonchev–Trinajstić information content (AvgIpc) is 3.14. The Morgan fingerprint density at radius 1 is 1.17 bits per heavy atom. The Morgan fingerprint density at radius 2 is 2.00 bits per heavy atom. The second-order valence-corrected chi connectivity index (χ2v) is 6.41. The van der Waals surface area contributed by atoms with Gasteiger partial charge in [0.1, 0.15) is 5.82 Å². The Kier molecular flexibility index (Phi) is 5.33. The number of hydrogen-bond acceptors (Lipinski definition) is 3. The van der Waals surface area contributed by atoms with Gasteiger partial charge in [-0.15, -0.1) is 11.3 Å². The van der Waals surface area contributed by atoms with Gasteiger partial charge in [-0.25, -0.2) is 4.39 Å². The lowest BCUT2D eigenvalue weighted by Crippen LogP contribution is -2.29. The molecule has 0 saturated carbocycles. The molecule has 3 aromatic rings. The van der Waals surface area contributed by atoms with Crippen LogP contribution in [0.2, 0.25) is 0 Å². The molecule has 0 fully saturated rings. The van der Waals surface area contributed by atoms with E-state index in [2.05, 4.69) is 10.3 Å². The van der Waals surface area contributed by atoms with Crippen LogP contribution in [-0.4, -0.2) is 10.9 Å². The van der Waals surface area contributed by atoms with Crippen LogP contribution in [0.15, 0.2) is 66.3 Å². The van der Waals surface area contributed by atoms with Crippen molar-refractivity contribution >= 4 is 17.2 Å². The van der Waals surface area contributed by atoms with E-state index in [1.807, 2.05) is 29.6 Å². The van der Waals surface area contributed by atoms with E-state index in [4.69, 9.17) is 0 Å². The van der Waals surface area contributed by atoms with Crippen LogP contribution in [0.4, 0.5) is 4.39 Å². The van der Waals surface area contributed by atoms with E-state index in [1.165, 1.54) is 12.1 Å². The maximum atomic E-state index is 13.2. The normalized spacial score (nSPS) is 11.9. The molecule has 3 rings (SSSR count). The van der Waals surface area contributed by atoms with Gasteiger partial charge in [-0.1, -0.05) is 24.3 Å². The molecular formula is C19H17FN2OS. The van der Waals surface area contributed by atoms with E-state index in [1.54, 1.807) is 35.9 Å². The largest absolute Gasteiger partial charge is 0.344 e. The van der Waals surface area contributed by atoms with E-state index in [0.29, 0.717) is 12.8 Å². The van der Waals surface area contributed by atoms with E-state index in [-0.39, 0.29) is 17.8 Å². The average molecular weight is 340 g/mol. The SMILES string of the molecule is O=C(CCc1cccnc1)NC(c1ccc(F)cc1)c1cccs1. The molecule has 1 amide bonds. The van der Waals surface area contributed by atoms with Crippen molar-refractivity contribution in [1.82, 2.24) is 10.3 Å². The fraction of sp³-hybridized carbons (Fsp3) is 0.158. The lowest BCUT2D eigenvalue weighted by Gasteiger charge is -2.18. The van der Waals surface area contributed by atoms with Crippen LogP contribution in [0, 0.1) is 5.82 Å². The van der Waals surface area contributed by atoms with Crippen LogP contribution >= 0.6 is 11.3 Å². The summed E-state index contributed by atoms with van der Waals surface area (Å²) in [6.45, 7) is 0. The topological polar surface area (TPSA) is 42.0 Å². The highest BCUT2D eigenvalue weighted by molar-refractivity contribution is 7.10. The zero-order valence-electron chi connectivity index (χ0n) is 13.0. The number of halogens is 1. The molecule has 122 valence electrons. The van der Waals surface area contributed by atoms with E-state index < -0.39 is 0 Å². The number of nitrogens with one attached hydrogen (secondary N) is 1. The molecule has 0 aliphatic heterocycles. The number of thiophene rings is 1. The summed E-state index contributed by atoms with van der Waals surface area (Å²) in [4.78, 5) is 17.4. The molecule has 1 N–H and O–H groups in total. The lowest BCUT2D eigenvalue weighted by atomic mass is 10.0. The number of nitrogens with zero attached hydrogens (tertiary/aromatic N) is 1. The number of pyridine rings is 1. The van der Waals surface area contributed by atoms with Gasteiger partial charge in [-0.3, -0.25) is 9.78 Å². The minimum atomic E-state index is -0.286. The Morgan fingerprint density at radius 3 is 2.67 bits per heavy atom. The van der Waals surface area contributed by atoms with Crippen LogP contribution in [0.1, 0.15) is 28.5 Å².